The number of nitrogens with zero attached hydrogens (tertiary/aromatic N) is 1. The Bertz CT molecular complexity index is 1790. The van der Waals surface area contributed by atoms with Crippen LogP contribution in [0, 0.1) is 6.92 Å². The summed E-state index contributed by atoms with van der Waals surface area (Å²) in [6, 6.07) is 14.5. The Morgan fingerprint density at radius 2 is 1.82 bits per heavy atom. The summed E-state index contributed by atoms with van der Waals surface area (Å²) in [5.41, 5.74) is 1.46. The first-order valence-electron chi connectivity index (χ1n) is 10.1. The second-order valence-electron chi connectivity index (χ2n) is 7.61. The molecule has 0 spiro atoms. The SMILES string of the molecule is COc1cc(C)cc2oc3oc(=O)c(-c4csc(-c5cc6ccccc6o5)n4)cc3c(=O)c12. The molecule has 8 heteroatoms. The molecule has 7 nitrogen and oxygen atoms in total. The van der Waals surface area contributed by atoms with E-state index in [0.29, 0.717) is 27.8 Å². The molecule has 0 saturated heterocycles. The molecule has 6 aromatic rings. The summed E-state index contributed by atoms with van der Waals surface area (Å²) >= 11 is 1.33. The lowest BCUT2D eigenvalue weighted by Crippen LogP contribution is -2.09. The molecule has 4 aromatic heterocycles. The van der Waals surface area contributed by atoms with Crippen LogP contribution in [0.5, 0.6) is 5.75 Å². The molecular weight excluding hydrogens is 442 g/mol. The predicted octanol–water partition coefficient (Wildman–Crippen LogP) is 5.75. The Kier molecular flexibility index (Phi) is 4.24. The van der Waals surface area contributed by atoms with E-state index in [1.54, 1.807) is 17.5 Å². The molecule has 0 aliphatic heterocycles. The van der Waals surface area contributed by atoms with Crippen molar-refractivity contribution < 1.29 is 18.0 Å². The lowest BCUT2D eigenvalue weighted by molar-refractivity contribution is 0.417. The molecule has 0 unspecified atom stereocenters. The van der Waals surface area contributed by atoms with Crippen LogP contribution >= 0.6 is 11.3 Å². The summed E-state index contributed by atoms with van der Waals surface area (Å²) in [6.07, 6.45) is 0. The molecule has 0 saturated carbocycles. The van der Waals surface area contributed by atoms with Crippen LogP contribution in [0.25, 0.3) is 55.1 Å². The number of hydrogen-bond acceptors (Lipinski definition) is 8. The summed E-state index contributed by atoms with van der Waals surface area (Å²) in [7, 11) is 1.49. The minimum atomic E-state index is -0.647. The maximum absolute atomic E-state index is 13.3. The molecule has 33 heavy (non-hydrogen) atoms. The van der Waals surface area contributed by atoms with Gasteiger partial charge in [-0.3, -0.25) is 4.79 Å². The van der Waals surface area contributed by atoms with Gasteiger partial charge in [0.15, 0.2) is 10.8 Å². The van der Waals surface area contributed by atoms with Crippen molar-refractivity contribution in [1.82, 2.24) is 4.98 Å². The van der Waals surface area contributed by atoms with Crippen molar-refractivity contribution in [2.75, 3.05) is 7.11 Å². The van der Waals surface area contributed by atoms with E-state index < -0.39 is 5.63 Å². The van der Waals surface area contributed by atoms with Gasteiger partial charge >= 0.3 is 11.4 Å². The summed E-state index contributed by atoms with van der Waals surface area (Å²) in [6.45, 7) is 1.85. The second-order valence-corrected chi connectivity index (χ2v) is 8.46. The standard InChI is InChI=1S/C25H15NO6S/c1-12-7-18(29-2)21-19(8-12)31-25-15(22(21)27)10-14(24(28)32-25)16-11-33-23(26-16)20-9-13-5-3-4-6-17(13)30-20/h3-11H,1-2H3. The Labute approximate surface area is 189 Å². The van der Waals surface area contributed by atoms with Gasteiger partial charge in [-0.15, -0.1) is 11.3 Å². The van der Waals surface area contributed by atoms with Gasteiger partial charge in [0.1, 0.15) is 27.7 Å². The third kappa shape index (κ3) is 3.07. The van der Waals surface area contributed by atoms with Crippen LogP contribution in [-0.4, -0.2) is 12.1 Å². The van der Waals surface area contributed by atoms with E-state index in [4.69, 9.17) is 18.0 Å². The molecule has 0 aliphatic rings. The number of rotatable bonds is 3. The zero-order chi connectivity index (χ0) is 22.7. The highest BCUT2D eigenvalue weighted by molar-refractivity contribution is 7.13. The van der Waals surface area contributed by atoms with Gasteiger partial charge in [0.05, 0.1) is 18.4 Å². The van der Waals surface area contributed by atoms with Crippen molar-refractivity contribution in [3.63, 3.8) is 0 Å². The lowest BCUT2D eigenvalue weighted by Gasteiger charge is -2.07. The average Bonchev–Trinajstić information content (AvgIpc) is 3.45. The van der Waals surface area contributed by atoms with Gasteiger partial charge in [0.2, 0.25) is 5.43 Å². The molecule has 2 aromatic carbocycles. The van der Waals surface area contributed by atoms with Crippen LogP contribution in [0.15, 0.2) is 76.8 Å². The Hall–Kier alpha value is -4.17. The number of aryl methyl sites for hydroxylation is 1. The minimum Gasteiger partial charge on any atom is -0.496 e. The molecular formula is C25H15NO6S. The third-order valence-corrected chi connectivity index (χ3v) is 6.29. The zero-order valence-electron chi connectivity index (χ0n) is 17.5. The van der Waals surface area contributed by atoms with E-state index in [0.717, 1.165) is 16.5 Å². The molecule has 0 atom stereocenters. The number of para-hydroxylation sites is 1. The van der Waals surface area contributed by atoms with Crippen molar-refractivity contribution in [2.45, 2.75) is 6.92 Å². The summed E-state index contributed by atoms with van der Waals surface area (Å²) < 4.78 is 22.4. The van der Waals surface area contributed by atoms with Crippen LogP contribution < -0.4 is 15.8 Å². The number of furan rings is 1. The first kappa shape index (κ1) is 19.5. The number of aromatic nitrogens is 1. The Balaban J connectivity index is 1.53. The van der Waals surface area contributed by atoms with Gasteiger partial charge < -0.3 is 18.0 Å². The topological polar surface area (TPSA) is 95.7 Å². The molecule has 162 valence electrons. The summed E-state index contributed by atoms with van der Waals surface area (Å²) in [5.74, 6) is 0.860. The molecule has 0 radical (unpaired) electrons. The second kappa shape index (κ2) is 7.18. The van der Waals surface area contributed by atoms with Gasteiger partial charge in [0, 0.05) is 10.8 Å². The molecule has 6 rings (SSSR count). The molecule has 0 fully saturated rings. The third-order valence-electron chi connectivity index (χ3n) is 5.43. The van der Waals surface area contributed by atoms with Crippen molar-refractivity contribution in [3.05, 3.63) is 80.1 Å². The Morgan fingerprint density at radius 3 is 2.64 bits per heavy atom. The first-order chi connectivity index (χ1) is 16.0. The monoisotopic (exact) mass is 457 g/mol. The van der Waals surface area contributed by atoms with Crippen molar-refractivity contribution in [1.29, 1.82) is 0 Å². The fourth-order valence-corrected chi connectivity index (χ4v) is 4.66. The molecule has 0 N–H and O–H groups in total. The van der Waals surface area contributed by atoms with E-state index >= 15 is 0 Å². The van der Waals surface area contributed by atoms with Crippen molar-refractivity contribution >= 4 is 44.4 Å². The minimum absolute atomic E-state index is 0.137. The van der Waals surface area contributed by atoms with Crippen molar-refractivity contribution in [3.8, 4) is 27.8 Å². The normalized spacial score (nSPS) is 11.6. The van der Waals surface area contributed by atoms with E-state index in [1.807, 2.05) is 37.3 Å². The highest BCUT2D eigenvalue weighted by Crippen LogP contribution is 2.33. The highest BCUT2D eigenvalue weighted by atomic mass is 32.1. The number of thiazole rings is 1. The highest BCUT2D eigenvalue weighted by Gasteiger charge is 2.19. The molecule has 0 amide bonds. The van der Waals surface area contributed by atoms with Gasteiger partial charge in [-0.2, -0.15) is 0 Å². The van der Waals surface area contributed by atoms with Crippen LogP contribution in [0.2, 0.25) is 0 Å². The van der Waals surface area contributed by atoms with E-state index in [-0.39, 0.29) is 27.5 Å². The largest absolute Gasteiger partial charge is 0.496 e. The Morgan fingerprint density at radius 1 is 0.970 bits per heavy atom. The quantitative estimate of drug-likeness (QED) is 0.312. The first-order valence-corrected chi connectivity index (χ1v) is 10.9. The molecule has 0 aliphatic carbocycles. The van der Waals surface area contributed by atoms with E-state index in [2.05, 4.69) is 4.98 Å². The van der Waals surface area contributed by atoms with Crippen LogP contribution in [0.4, 0.5) is 0 Å². The number of methoxy groups -OCH3 is 1. The van der Waals surface area contributed by atoms with Crippen molar-refractivity contribution in [2.24, 2.45) is 0 Å². The average molecular weight is 457 g/mol. The van der Waals surface area contributed by atoms with E-state index in [1.165, 1.54) is 24.5 Å². The van der Waals surface area contributed by atoms with Crippen LogP contribution in [0.1, 0.15) is 5.56 Å². The van der Waals surface area contributed by atoms with E-state index in [9.17, 15) is 9.59 Å². The molecule has 4 heterocycles. The molecule has 0 bridgehead atoms. The number of fused-ring (bicyclic) bond motifs is 3. The maximum Gasteiger partial charge on any atom is 0.348 e. The number of hydrogen-bond donors (Lipinski definition) is 0. The summed E-state index contributed by atoms with van der Waals surface area (Å²) in [4.78, 5) is 30.6. The fraction of sp³-hybridized carbons (Fsp3) is 0.0800. The predicted molar refractivity (Wildman–Crippen MR) is 126 cm³/mol. The fourth-order valence-electron chi connectivity index (χ4n) is 3.89. The number of ether oxygens (including phenoxy) is 1. The zero-order valence-corrected chi connectivity index (χ0v) is 18.3. The smallest absolute Gasteiger partial charge is 0.348 e. The van der Waals surface area contributed by atoms with Gasteiger partial charge in [0.25, 0.3) is 0 Å². The number of benzene rings is 2. The maximum atomic E-state index is 13.3. The lowest BCUT2D eigenvalue weighted by atomic mass is 10.1. The van der Waals surface area contributed by atoms with Crippen LogP contribution in [0.3, 0.4) is 0 Å². The van der Waals surface area contributed by atoms with Gasteiger partial charge in [-0.25, -0.2) is 9.78 Å². The van der Waals surface area contributed by atoms with Crippen LogP contribution in [-0.2, 0) is 0 Å². The summed E-state index contributed by atoms with van der Waals surface area (Å²) in [5, 5.41) is 3.73. The van der Waals surface area contributed by atoms with Gasteiger partial charge in [-0.05, 0) is 42.8 Å². The van der Waals surface area contributed by atoms with Gasteiger partial charge in [-0.1, -0.05) is 18.2 Å².